The number of nitrogens with zero attached hydrogens (tertiary/aromatic N) is 2. The standard InChI is InChI=1S/C27H25FN2O3/c1-3-29(4-2)14-15-30-23(18-9-7-10-19(28)16-18)22-24(31)21-13-12-17-8-5-6-11-20(17)25(21)33-26(22)27(30)32/h5-13,16,23H,3-4,14-15H2,1-2H3. The summed E-state index contributed by atoms with van der Waals surface area (Å²) >= 11 is 0. The molecule has 0 saturated carbocycles. The zero-order chi connectivity index (χ0) is 23.1. The summed E-state index contributed by atoms with van der Waals surface area (Å²) in [6, 6.07) is 16.7. The summed E-state index contributed by atoms with van der Waals surface area (Å²) in [6.45, 7) is 6.89. The lowest BCUT2D eigenvalue weighted by Gasteiger charge is -2.28. The van der Waals surface area contributed by atoms with Crippen LogP contribution in [0.5, 0.6) is 0 Å². The number of fused-ring (bicyclic) bond motifs is 4. The van der Waals surface area contributed by atoms with Crippen molar-refractivity contribution < 1.29 is 13.6 Å². The lowest BCUT2D eigenvalue weighted by molar-refractivity contribution is 0.0708. The number of likely N-dealkylation sites (N-methyl/N-ethyl adjacent to an activating group) is 1. The van der Waals surface area contributed by atoms with Gasteiger partial charge in [-0.2, -0.15) is 0 Å². The van der Waals surface area contributed by atoms with Crippen LogP contribution in [-0.2, 0) is 0 Å². The van der Waals surface area contributed by atoms with Crippen LogP contribution in [0.15, 0.2) is 69.9 Å². The van der Waals surface area contributed by atoms with E-state index in [0.717, 1.165) is 23.9 Å². The molecule has 2 heterocycles. The molecule has 0 saturated heterocycles. The van der Waals surface area contributed by atoms with Crippen molar-refractivity contribution in [3.05, 3.63) is 93.6 Å². The molecular formula is C27H25FN2O3. The predicted octanol–water partition coefficient (Wildman–Crippen LogP) is 4.97. The molecule has 168 valence electrons. The Hall–Kier alpha value is -3.51. The van der Waals surface area contributed by atoms with Crippen LogP contribution in [0.4, 0.5) is 4.39 Å². The van der Waals surface area contributed by atoms with Crippen molar-refractivity contribution in [2.45, 2.75) is 19.9 Å². The fourth-order valence-electron chi connectivity index (χ4n) is 4.79. The van der Waals surface area contributed by atoms with Gasteiger partial charge in [-0.3, -0.25) is 9.59 Å². The molecule has 1 amide bonds. The molecule has 0 bridgehead atoms. The first-order valence-corrected chi connectivity index (χ1v) is 11.3. The van der Waals surface area contributed by atoms with Gasteiger partial charge in [0.2, 0.25) is 5.76 Å². The first-order valence-electron chi connectivity index (χ1n) is 11.3. The van der Waals surface area contributed by atoms with E-state index in [4.69, 9.17) is 4.42 Å². The number of amides is 1. The third-order valence-electron chi connectivity index (χ3n) is 6.57. The van der Waals surface area contributed by atoms with Crippen molar-refractivity contribution in [1.29, 1.82) is 0 Å². The first kappa shape index (κ1) is 21.3. The van der Waals surface area contributed by atoms with E-state index < -0.39 is 11.9 Å². The maximum Gasteiger partial charge on any atom is 0.290 e. The fourth-order valence-corrected chi connectivity index (χ4v) is 4.79. The molecule has 1 atom stereocenters. The maximum atomic E-state index is 14.2. The molecule has 6 heteroatoms. The van der Waals surface area contributed by atoms with E-state index in [-0.39, 0.29) is 22.7 Å². The SMILES string of the molecule is CCN(CC)CCN1C(=O)c2oc3c(ccc4ccccc43)c(=O)c2C1c1cccc(F)c1. The normalized spacial score (nSPS) is 15.7. The second-order valence-corrected chi connectivity index (χ2v) is 8.32. The Balaban J connectivity index is 1.72. The number of carbonyl (C=O) groups is 1. The first-order chi connectivity index (χ1) is 16.0. The third kappa shape index (κ3) is 3.51. The van der Waals surface area contributed by atoms with Crippen LogP contribution in [0.25, 0.3) is 21.7 Å². The van der Waals surface area contributed by atoms with E-state index in [2.05, 4.69) is 18.7 Å². The van der Waals surface area contributed by atoms with Gasteiger partial charge in [0.15, 0.2) is 5.43 Å². The van der Waals surface area contributed by atoms with Crippen molar-refractivity contribution >= 4 is 27.6 Å². The summed E-state index contributed by atoms with van der Waals surface area (Å²) in [5, 5.41) is 2.14. The van der Waals surface area contributed by atoms with E-state index in [1.165, 1.54) is 12.1 Å². The van der Waals surface area contributed by atoms with Gasteiger partial charge in [0, 0.05) is 18.5 Å². The van der Waals surface area contributed by atoms with E-state index in [1.54, 1.807) is 23.1 Å². The Labute approximate surface area is 191 Å². The van der Waals surface area contributed by atoms with Gasteiger partial charge < -0.3 is 14.2 Å². The van der Waals surface area contributed by atoms with Crippen molar-refractivity contribution in [3.8, 4) is 0 Å². The van der Waals surface area contributed by atoms with Crippen LogP contribution >= 0.6 is 0 Å². The highest BCUT2D eigenvalue weighted by Gasteiger charge is 2.42. The molecule has 1 aliphatic rings. The molecular weight excluding hydrogens is 419 g/mol. The van der Waals surface area contributed by atoms with Crippen molar-refractivity contribution in [2.75, 3.05) is 26.2 Å². The lowest BCUT2D eigenvalue weighted by atomic mass is 9.97. The number of hydrogen-bond donors (Lipinski definition) is 0. The van der Waals surface area contributed by atoms with Crippen LogP contribution in [-0.4, -0.2) is 41.9 Å². The average molecular weight is 445 g/mol. The van der Waals surface area contributed by atoms with Gasteiger partial charge >= 0.3 is 0 Å². The molecule has 0 radical (unpaired) electrons. The van der Waals surface area contributed by atoms with Gasteiger partial charge in [0.05, 0.1) is 17.0 Å². The monoisotopic (exact) mass is 444 g/mol. The summed E-state index contributed by atoms with van der Waals surface area (Å²) in [7, 11) is 0. The Morgan fingerprint density at radius 2 is 1.76 bits per heavy atom. The molecule has 33 heavy (non-hydrogen) atoms. The Morgan fingerprint density at radius 3 is 2.52 bits per heavy atom. The smallest absolute Gasteiger partial charge is 0.290 e. The fraction of sp³-hybridized carbons (Fsp3) is 0.259. The molecule has 1 unspecified atom stereocenters. The molecule has 0 aliphatic carbocycles. The predicted molar refractivity (Wildman–Crippen MR) is 127 cm³/mol. The third-order valence-corrected chi connectivity index (χ3v) is 6.57. The van der Waals surface area contributed by atoms with Crippen LogP contribution in [0, 0.1) is 5.82 Å². The highest BCUT2D eigenvalue weighted by atomic mass is 19.1. The van der Waals surface area contributed by atoms with Gasteiger partial charge in [-0.15, -0.1) is 0 Å². The summed E-state index contributed by atoms with van der Waals surface area (Å²) in [5.74, 6) is -0.690. The Kier molecular flexibility index (Phi) is 5.46. The molecule has 0 fully saturated rings. The molecule has 5 rings (SSSR count). The topological polar surface area (TPSA) is 53.8 Å². The molecule has 4 aromatic rings. The summed E-state index contributed by atoms with van der Waals surface area (Å²) in [4.78, 5) is 31.1. The van der Waals surface area contributed by atoms with Crippen molar-refractivity contribution in [1.82, 2.24) is 9.80 Å². The number of carbonyl (C=O) groups excluding carboxylic acids is 1. The molecule has 1 aliphatic heterocycles. The number of halogens is 1. The minimum Gasteiger partial charge on any atom is -0.450 e. The van der Waals surface area contributed by atoms with Gasteiger partial charge in [-0.1, -0.05) is 56.3 Å². The molecule has 0 N–H and O–H groups in total. The minimum absolute atomic E-state index is 0.0534. The van der Waals surface area contributed by atoms with Crippen LogP contribution < -0.4 is 5.43 Å². The molecule has 3 aromatic carbocycles. The largest absolute Gasteiger partial charge is 0.450 e. The minimum atomic E-state index is -0.689. The summed E-state index contributed by atoms with van der Waals surface area (Å²) in [6.07, 6.45) is 0. The van der Waals surface area contributed by atoms with E-state index >= 15 is 0 Å². The van der Waals surface area contributed by atoms with Gasteiger partial charge in [0.25, 0.3) is 5.91 Å². The zero-order valence-electron chi connectivity index (χ0n) is 18.7. The summed E-state index contributed by atoms with van der Waals surface area (Å²) < 4.78 is 20.3. The highest BCUT2D eigenvalue weighted by Crippen LogP contribution is 2.39. The highest BCUT2D eigenvalue weighted by molar-refractivity contribution is 6.06. The van der Waals surface area contributed by atoms with Crippen LogP contribution in [0.3, 0.4) is 0 Å². The number of rotatable bonds is 6. The van der Waals surface area contributed by atoms with Gasteiger partial charge in [-0.05, 0) is 42.2 Å². The lowest BCUT2D eigenvalue weighted by Crippen LogP contribution is -2.37. The van der Waals surface area contributed by atoms with Crippen LogP contribution in [0.1, 0.15) is 41.6 Å². The second kappa shape index (κ2) is 8.45. The summed E-state index contributed by atoms with van der Waals surface area (Å²) in [5.41, 5.74) is 1.01. The van der Waals surface area contributed by atoms with Crippen LogP contribution in [0.2, 0.25) is 0 Å². The second-order valence-electron chi connectivity index (χ2n) is 8.32. The quantitative estimate of drug-likeness (QED) is 0.394. The van der Waals surface area contributed by atoms with E-state index in [1.807, 2.05) is 30.3 Å². The number of benzene rings is 3. The van der Waals surface area contributed by atoms with E-state index in [0.29, 0.717) is 29.6 Å². The molecule has 5 nitrogen and oxygen atoms in total. The van der Waals surface area contributed by atoms with Gasteiger partial charge in [-0.25, -0.2) is 4.39 Å². The van der Waals surface area contributed by atoms with E-state index in [9.17, 15) is 14.0 Å². The molecule has 1 aromatic heterocycles. The van der Waals surface area contributed by atoms with Crippen molar-refractivity contribution in [3.63, 3.8) is 0 Å². The maximum absolute atomic E-state index is 14.2. The van der Waals surface area contributed by atoms with Gasteiger partial charge in [0.1, 0.15) is 11.4 Å². The number of hydrogen-bond acceptors (Lipinski definition) is 4. The Morgan fingerprint density at radius 1 is 0.970 bits per heavy atom. The Bertz CT molecular complexity index is 1420. The zero-order valence-corrected chi connectivity index (χ0v) is 18.7. The average Bonchev–Trinajstić information content (AvgIpc) is 3.11. The molecule has 0 spiro atoms. The van der Waals surface area contributed by atoms with Crippen molar-refractivity contribution in [2.24, 2.45) is 0 Å².